The minimum atomic E-state index is -2.79. The molecule has 2 atom stereocenters. The Morgan fingerprint density at radius 1 is 1.50 bits per heavy atom. The second-order valence-electron chi connectivity index (χ2n) is 4.90. The van der Waals surface area contributed by atoms with Crippen molar-refractivity contribution >= 4 is 21.4 Å². The summed E-state index contributed by atoms with van der Waals surface area (Å²) in [5.41, 5.74) is 1.12. The summed E-state index contributed by atoms with van der Waals surface area (Å²) in [7, 11) is -0.896. The third kappa shape index (κ3) is 3.46. The topological polar surface area (TPSA) is 46.2 Å². The monoisotopic (exact) mass is 287 g/mol. The van der Waals surface area contributed by atoms with E-state index in [1.54, 1.807) is 0 Å². The lowest BCUT2D eigenvalue weighted by molar-refractivity contribution is 0.437. The maximum absolute atomic E-state index is 11.5. The summed E-state index contributed by atoms with van der Waals surface area (Å²) in [6.07, 6.45) is 1.62. The van der Waals surface area contributed by atoms with Gasteiger partial charge in [-0.2, -0.15) is 0 Å². The molecular formula is C13H18ClNO2S. The standard InChI is InChI=1S/C13H18ClNO2S/c1-15-13(11-3-2-4-12(14)8-11)7-10-5-6-18(16,17)9-10/h2-4,8,10,13,15H,5-7,9H2,1H3. The molecule has 0 radical (unpaired) electrons. The van der Waals surface area contributed by atoms with Crippen LogP contribution in [0.2, 0.25) is 5.02 Å². The minimum absolute atomic E-state index is 0.169. The van der Waals surface area contributed by atoms with Crippen LogP contribution in [0.4, 0.5) is 0 Å². The van der Waals surface area contributed by atoms with Crippen LogP contribution in [0.3, 0.4) is 0 Å². The van der Waals surface area contributed by atoms with Crippen LogP contribution in [0, 0.1) is 5.92 Å². The van der Waals surface area contributed by atoms with E-state index in [9.17, 15) is 8.42 Å². The van der Waals surface area contributed by atoms with Crippen molar-refractivity contribution < 1.29 is 8.42 Å². The molecule has 1 heterocycles. The van der Waals surface area contributed by atoms with Crippen LogP contribution in [0.5, 0.6) is 0 Å². The van der Waals surface area contributed by atoms with E-state index in [1.165, 1.54) is 0 Å². The normalized spacial score (nSPS) is 24.0. The molecular weight excluding hydrogens is 270 g/mol. The molecule has 2 unspecified atom stereocenters. The van der Waals surface area contributed by atoms with Gasteiger partial charge in [-0.25, -0.2) is 8.42 Å². The zero-order valence-electron chi connectivity index (χ0n) is 10.4. The second kappa shape index (κ2) is 5.59. The fraction of sp³-hybridized carbons (Fsp3) is 0.538. The van der Waals surface area contributed by atoms with Crippen molar-refractivity contribution in [3.8, 4) is 0 Å². The van der Waals surface area contributed by atoms with Gasteiger partial charge in [0.2, 0.25) is 0 Å². The average Bonchev–Trinajstić information content (AvgIpc) is 2.65. The van der Waals surface area contributed by atoms with Crippen molar-refractivity contribution in [2.24, 2.45) is 5.92 Å². The number of rotatable bonds is 4. The third-order valence-corrected chi connectivity index (χ3v) is 5.57. The van der Waals surface area contributed by atoms with Crippen molar-refractivity contribution in [1.82, 2.24) is 5.32 Å². The molecule has 3 nitrogen and oxygen atoms in total. The second-order valence-corrected chi connectivity index (χ2v) is 7.57. The van der Waals surface area contributed by atoms with E-state index in [0.29, 0.717) is 16.5 Å². The Bertz CT molecular complexity index is 515. The van der Waals surface area contributed by atoms with E-state index in [2.05, 4.69) is 5.32 Å². The first-order valence-electron chi connectivity index (χ1n) is 6.13. The lowest BCUT2D eigenvalue weighted by atomic mass is 9.94. The van der Waals surface area contributed by atoms with Gasteiger partial charge in [-0.15, -0.1) is 0 Å². The molecule has 1 N–H and O–H groups in total. The highest BCUT2D eigenvalue weighted by Crippen LogP contribution is 2.29. The molecule has 1 aliphatic heterocycles. The fourth-order valence-corrected chi connectivity index (χ4v) is 4.61. The number of hydrogen-bond acceptors (Lipinski definition) is 3. The van der Waals surface area contributed by atoms with E-state index in [-0.39, 0.29) is 12.0 Å². The lowest BCUT2D eigenvalue weighted by Crippen LogP contribution is -2.20. The van der Waals surface area contributed by atoms with Gasteiger partial charge in [-0.05, 0) is 43.5 Å². The summed E-state index contributed by atoms with van der Waals surface area (Å²) in [4.78, 5) is 0. The summed E-state index contributed by atoms with van der Waals surface area (Å²) in [5, 5.41) is 3.96. The number of benzene rings is 1. The van der Waals surface area contributed by atoms with E-state index in [0.717, 1.165) is 18.4 Å². The van der Waals surface area contributed by atoms with Gasteiger partial charge in [0.05, 0.1) is 11.5 Å². The number of sulfone groups is 1. The largest absolute Gasteiger partial charge is 0.313 e. The molecule has 100 valence electrons. The molecule has 1 aromatic carbocycles. The van der Waals surface area contributed by atoms with Crippen LogP contribution in [-0.4, -0.2) is 27.0 Å². The van der Waals surface area contributed by atoms with Gasteiger partial charge >= 0.3 is 0 Å². The molecule has 1 saturated heterocycles. The quantitative estimate of drug-likeness (QED) is 0.925. The van der Waals surface area contributed by atoms with E-state index < -0.39 is 9.84 Å². The van der Waals surface area contributed by atoms with Crippen molar-refractivity contribution in [3.05, 3.63) is 34.9 Å². The molecule has 0 bridgehead atoms. The summed E-state index contributed by atoms with van der Waals surface area (Å²) in [5.74, 6) is 0.918. The van der Waals surface area contributed by atoms with Crippen LogP contribution in [0.15, 0.2) is 24.3 Å². The maximum Gasteiger partial charge on any atom is 0.150 e. The predicted octanol–water partition coefficient (Wildman–Crippen LogP) is 2.43. The molecule has 0 spiro atoms. The molecule has 0 aliphatic carbocycles. The Hall–Kier alpha value is -0.580. The zero-order valence-corrected chi connectivity index (χ0v) is 12.0. The van der Waals surface area contributed by atoms with Gasteiger partial charge < -0.3 is 5.32 Å². The van der Waals surface area contributed by atoms with Crippen molar-refractivity contribution in [3.63, 3.8) is 0 Å². The average molecular weight is 288 g/mol. The molecule has 2 rings (SSSR count). The number of hydrogen-bond donors (Lipinski definition) is 1. The summed E-state index contributed by atoms with van der Waals surface area (Å²) < 4.78 is 22.9. The van der Waals surface area contributed by atoms with Crippen LogP contribution >= 0.6 is 11.6 Å². The molecule has 18 heavy (non-hydrogen) atoms. The highest BCUT2D eigenvalue weighted by Gasteiger charge is 2.29. The zero-order chi connectivity index (χ0) is 13.2. The molecule has 1 aromatic rings. The Balaban J connectivity index is 2.06. The van der Waals surface area contributed by atoms with Crippen LogP contribution < -0.4 is 5.32 Å². The van der Waals surface area contributed by atoms with E-state index in [1.807, 2.05) is 31.3 Å². The molecule has 1 aliphatic rings. The Kier molecular flexibility index (Phi) is 4.30. The first kappa shape index (κ1) is 13.8. The highest BCUT2D eigenvalue weighted by atomic mass is 35.5. The minimum Gasteiger partial charge on any atom is -0.313 e. The summed E-state index contributed by atoms with van der Waals surface area (Å²) in [6, 6.07) is 7.90. The van der Waals surface area contributed by atoms with Crippen LogP contribution in [0.25, 0.3) is 0 Å². The highest BCUT2D eigenvalue weighted by molar-refractivity contribution is 7.91. The number of halogens is 1. The van der Waals surface area contributed by atoms with Crippen LogP contribution in [0.1, 0.15) is 24.4 Å². The van der Waals surface area contributed by atoms with Gasteiger partial charge in [0.15, 0.2) is 9.84 Å². The fourth-order valence-electron chi connectivity index (χ4n) is 2.54. The summed E-state index contributed by atoms with van der Waals surface area (Å²) in [6.45, 7) is 0. The van der Waals surface area contributed by atoms with E-state index in [4.69, 9.17) is 11.6 Å². The predicted molar refractivity (Wildman–Crippen MR) is 74.6 cm³/mol. The Morgan fingerprint density at radius 3 is 2.83 bits per heavy atom. The van der Waals surface area contributed by atoms with Crippen LogP contribution in [-0.2, 0) is 9.84 Å². The Morgan fingerprint density at radius 2 is 2.28 bits per heavy atom. The van der Waals surface area contributed by atoms with Crippen molar-refractivity contribution in [2.45, 2.75) is 18.9 Å². The molecule has 1 fully saturated rings. The molecule has 0 aromatic heterocycles. The lowest BCUT2D eigenvalue weighted by Gasteiger charge is -2.20. The van der Waals surface area contributed by atoms with Gasteiger partial charge in [0.1, 0.15) is 0 Å². The van der Waals surface area contributed by atoms with Crippen molar-refractivity contribution in [2.75, 3.05) is 18.6 Å². The molecule has 5 heteroatoms. The van der Waals surface area contributed by atoms with E-state index >= 15 is 0 Å². The third-order valence-electron chi connectivity index (χ3n) is 3.50. The first-order valence-corrected chi connectivity index (χ1v) is 8.33. The van der Waals surface area contributed by atoms with Gasteiger partial charge in [0.25, 0.3) is 0 Å². The van der Waals surface area contributed by atoms with Gasteiger partial charge in [-0.1, -0.05) is 23.7 Å². The molecule has 0 saturated carbocycles. The van der Waals surface area contributed by atoms with Crippen molar-refractivity contribution in [1.29, 1.82) is 0 Å². The Labute approximate surface area is 113 Å². The SMILES string of the molecule is CNC(CC1CCS(=O)(=O)C1)c1cccc(Cl)c1. The smallest absolute Gasteiger partial charge is 0.150 e. The molecule has 0 amide bonds. The number of nitrogens with one attached hydrogen (secondary N) is 1. The maximum atomic E-state index is 11.5. The first-order chi connectivity index (χ1) is 8.50. The summed E-state index contributed by atoms with van der Waals surface area (Å²) >= 11 is 5.98. The van der Waals surface area contributed by atoms with Gasteiger partial charge in [0, 0.05) is 11.1 Å². The van der Waals surface area contributed by atoms with Gasteiger partial charge in [-0.3, -0.25) is 0 Å².